The van der Waals surface area contributed by atoms with Gasteiger partial charge in [0.1, 0.15) is 5.60 Å². The van der Waals surface area contributed by atoms with Gasteiger partial charge in [-0.3, -0.25) is 4.79 Å². The zero-order chi connectivity index (χ0) is 16.6. The van der Waals surface area contributed by atoms with E-state index < -0.39 is 5.60 Å². The van der Waals surface area contributed by atoms with Crippen LogP contribution in [-0.2, 0) is 11.3 Å². The fraction of sp³-hybridized carbons (Fsp3) is 0.706. The van der Waals surface area contributed by atoms with Crippen molar-refractivity contribution < 1.29 is 9.53 Å². The fourth-order valence-electron chi connectivity index (χ4n) is 2.98. The SMILES string of the molecule is CC(C)(C)OC(=O)N1CCCC1Cn1nc(C2CC2)ccc1=O. The summed E-state index contributed by atoms with van der Waals surface area (Å²) in [7, 11) is 0. The fourth-order valence-corrected chi connectivity index (χ4v) is 2.98. The van der Waals surface area contributed by atoms with Crippen LogP contribution < -0.4 is 5.56 Å². The molecule has 1 aliphatic heterocycles. The lowest BCUT2D eigenvalue weighted by Crippen LogP contribution is -2.43. The number of hydrogen-bond acceptors (Lipinski definition) is 4. The highest BCUT2D eigenvalue weighted by Crippen LogP contribution is 2.38. The number of carbonyl (C=O) groups is 1. The van der Waals surface area contributed by atoms with Crippen molar-refractivity contribution in [3.8, 4) is 0 Å². The first-order valence-electron chi connectivity index (χ1n) is 8.41. The quantitative estimate of drug-likeness (QED) is 0.859. The molecule has 2 heterocycles. The van der Waals surface area contributed by atoms with Gasteiger partial charge in [-0.25, -0.2) is 9.48 Å². The number of rotatable bonds is 3. The molecule has 1 atom stereocenters. The van der Waals surface area contributed by atoms with E-state index in [4.69, 9.17) is 4.74 Å². The molecule has 0 aromatic carbocycles. The summed E-state index contributed by atoms with van der Waals surface area (Å²) in [6, 6.07) is 3.40. The van der Waals surface area contributed by atoms with Gasteiger partial charge in [-0.1, -0.05) is 0 Å². The monoisotopic (exact) mass is 319 g/mol. The lowest BCUT2D eigenvalue weighted by atomic mass is 10.2. The number of nitrogens with zero attached hydrogens (tertiary/aromatic N) is 3. The highest BCUT2D eigenvalue weighted by Gasteiger charge is 2.33. The van der Waals surface area contributed by atoms with Gasteiger partial charge in [-0.05, 0) is 52.5 Å². The molecule has 1 aromatic rings. The number of aromatic nitrogens is 2. The zero-order valence-electron chi connectivity index (χ0n) is 14.1. The van der Waals surface area contributed by atoms with Crippen LogP contribution in [0, 0.1) is 0 Å². The first kappa shape index (κ1) is 16.0. The van der Waals surface area contributed by atoms with Gasteiger partial charge in [0.2, 0.25) is 0 Å². The maximum atomic E-state index is 12.3. The van der Waals surface area contributed by atoms with E-state index >= 15 is 0 Å². The van der Waals surface area contributed by atoms with Crippen LogP contribution in [-0.4, -0.2) is 39.0 Å². The Kier molecular flexibility index (Phi) is 4.17. The second-order valence-electron chi connectivity index (χ2n) is 7.52. The third-order valence-corrected chi connectivity index (χ3v) is 4.27. The van der Waals surface area contributed by atoms with E-state index in [1.165, 1.54) is 4.68 Å². The largest absolute Gasteiger partial charge is 0.444 e. The summed E-state index contributed by atoms with van der Waals surface area (Å²) in [6.07, 6.45) is 3.81. The van der Waals surface area contributed by atoms with Gasteiger partial charge in [0.15, 0.2) is 0 Å². The summed E-state index contributed by atoms with van der Waals surface area (Å²) in [5, 5.41) is 4.49. The molecular weight excluding hydrogens is 294 g/mol. The molecule has 23 heavy (non-hydrogen) atoms. The van der Waals surface area contributed by atoms with Crippen LogP contribution in [0.2, 0.25) is 0 Å². The Morgan fingerprint density at radius 3 is 2.70 bits per heavy atom. The average Bonchev–Trinajstić information content (AvgIpc) is 3.19. The Bertz CT molecular complexity index is 643. The van der Waals surface area contributed by atoms with Crippen molar-refractivity contribution in [2.75, 3.05) is 6.54 Å². The predicted octanol–water partition coefficient (Wildman–Crippen LogP) is 2.52. The lowest BCUT2D eigenvalue weighted by Gasteiger charge is -2.28. The molecule has 0 N–H and O–H groups in total. The second-order valence-corrected chi connectivity index (χ2v) is 7.52. The lowest BCUT2D eigenvalue weighted by molar-refractivity contribution is 0.0210. The Morgan fingerprint density at radius 2 is 2.04 bits per heavy atom. The third kappa shape index (κ3) is 3.92. The van der Waals surface area contributed by atoms with E-state index in [2.05, 4.69) is 5.10 Å². The molecule has 0 spiro atoms. The number of hydrogen-bond donors (Lipinski definition) is 0. The number of likely N-dealkylation sites (tertiary alicyclic amines) is 1. The molecule has 0 bridgehead atoms. The van der Waals surface area contributed by atoms with Crippen molar-refractivity contribution in [3.05, 3.63) is 28.2 Å². The van der Waals surface area contributed by atoms with Crippen molar-refractivity contribution in [1.29, 1.82) is 0 Å². The Balaban J connectivity index is 1.72. The molecule has 1 aliphatic carbocycles. The summed E-state index contributed by atoms with van der Waals surface area (Å²) in [4.78, 5) is 26.1. The number of amides is 1. The van der Waals surface area contributed by atoms with Crippen LogP contribution in [0.5, 0.6) is 0 Å². The van der Waals surface area contributed by atoms with Crippen LogP contribution in [0.4, 0.5) is 4.79 Å². The van der Waals surface area contributed by atoms with Crippen molar-refractivity contribution in [1.82, 2.24) is 14.7 Å². The summed E-state index contributed by atoms with van der Waals surface area (Å²) in [5.41, 5.74) is 0.377. The van der Waals surface area contributed by atoms with E-state index in [0.29, 0.717) is 19.0 Å². The van der Waals surface area contributed by atoms with Gasteiger partial charge in [-0.15, -0.1) is 0 Å². The summed E-state index contributed by atoms with van der Waals surface area (Å²) in [6.45, 7) is 6.71. The third-order valence-electron chi connectivity index (χ3n) is 4.27. The van der Waals surface area contributed by atoms with Crippen LogP contribution in [0.1, 0.15) is 58.1 Å². The molecular formula is C17H25N3O3. The molecule has 1 amide bonds. The molecule has 1 saturated heterocycles. The Hall–Kier alpha value is -1.85. The highest BCUT2D eigenvalue weighted by atomic mass is 16.6. The number of ether oxygens (including phenoxy) is 1. The van der Waals surface area contributed by atoms with E-state index in [1.54, 1.807) is 11.0 Å². The van der Waals surface area contributed by atoms with Crippen molar-refractivity contribution >= 4 is 6.09 Å². The summed E-state index contributed by atoms with van der Waals surface area (Å²) >= 11 is 0. The van der Waals surface area contributed by atoms with Gasteiger partial charge in [-0.2, -0.15) is 5.10 Å². The average molecular weight is 319 g/mol. The van der Waals surface area contributed by atoms with Gasteiger partial charge >= 0.3 is 6.09 Å². The van der Waals surface area contributed by atoms with Crippen LogP contribution in [0.15, 0.2) is 16.9 Å². The Morgan fingerprint density at radius 1 is 1.30 bits per heavy atom. The van der Waals surface area contributed by atoms with E-state index in [-0.39, 0.29) is 17.7 Å². The molecule has 0 radical (unpaired) electrons. The molecule has 1 aromatic heterocycles. The Labute approximate surface area is 136 Å². The van der Waals surface area contributed by atoms with Crippen LogP contribution in [0.25, 0.3) is 0 Å². The van der Waals surface area contributed by atoms with Gasteiger partial charge in [0, 0.05) is 18.5 Å². The predicted molar refractivity (Wildman–Crippen MR) is 86.4 cm³/mol. The molecule has 2 aliphatic rings. The minimum Gasteiger partial charge on any atom is -0.444 e. The minimum absolute atomic E-state index is 0.0236. The van der Waals surface area contributed by atoms with Gasteiger partial charge in [0.05, 0.1) is 18.3 Å². The van der Waals surface area contributed by atoms with E-state index in [0.717, 1.165) is 31.4 Å². The number of carbonyl (C=O) groups excluding carboxylic acids is 1. The molecule has 3 rings (SSSR count). The summed E-state index contributed by atoms with van der Waals surface area (Å²) in [5.74, 6) is 0.507. The standard InChI is InChI=1S/C17H25N3O3/c1-17(2,3)23-16(22)19-10-4-5-13(19)11-20-15(21)9-8-14(18-20)12-6-7-12/h8-9,12-13H,4-7,10-11H2,1-3H3. The molecule has 6 nitrogen and oxygen atoms in total. The molecule has 6 heteroatoms. The smallest absolute Gasteiger partial charge is 0.410 e. The van der Waals surface area contributed by atoms with Crippen LogP contribution >= 0.6 is 0 Å². The first-order valence-corrected chi connectivity index (χ1v) is 8.41. The normalized spacial score (nSPS) is 21.5. The zero-order valence-corrected chi connectivity index (χ0v) is 14.1. The minimum atomic E-state index is -0.509. The molecule has 126 valence electrons. The van der Waals surface area contributed by atoms with E-state index in [9.17, 15) is 9.59 Å². The maximum absolute atomic E-state index is 12.3. The van der Waals surface area contributed by atoms with E-state index in [1.807, 2.05) is 26.8 Å². The van der Waals surface area contributed by atoms with Crippen molar-refractivity contribution in [3.63, 3.8) is 0 Å². The summed E-state index contributed by atoms with van der Waals surface area (Å²) < 4.78 is 6.99. The topological polar surface area (TPSA) is 64.4 Å². The second kappa shape index (κ2) is 5.98. The van der Waals surface area contributed by atoms with Crippen LogP contribution in [0.3, 0.4) is 0 Å². The highest BCUT2D eigenvalue weighted by molar-refractivity contribution is 5.68. The molecule has 1 unspecified atom stereocenters. The van der Waals surface area contributed by atoms with Crippen molar-refractivity contribution in [2.24, 2.45) is 0 Å². The van der Waals surface area contributed by atoms with Crippen molar-refractivity contribution in [2.45, 2.75) is 70.6 Å². The maximum Gasteiger partial charge on any atom is 0.410 e. The first-order chi connectivity index (χ1) is 10.8. The molecule has 2 fully saturated rings. The molecule has 1 saturated carbocycles. The van der Waals surface area contributed by atoms with Gasteiger partial charge in [0.25, 0.3) is 5.56 Å². The van der Waals surface area contributed by atoms with Gasteiger partial charge < -0.3 is 9.64 Å².